The first-order valence-electron chi connectivity index (χ1n) is 11.4. The zero-order valence-electron chi connectivity index (χ0n) is 19.0. The van der Waals surface area contributed by atoms with E-state index in [-0.39, 0.29) is 17.4 Å². The van der Waals surface area contributed by atoms with E-state index in [1.807, 2.05) is 4.90 Å². The van der Waals surface area contributed by atoms with Crippen LogP contribution in [0.15, 0.2) is 30.5 Å². The van der Waals surface area contributed by atoms with Gasteiger partial charge in [0.05, 0.1) is 0 Å². The molecular formula is C23H28N8O2. The Kier molecular flexibility index (Phi) is 5.53. The van der Waals surface area contributed by atoms with Gasteiger partial charge in [0.1, 0.15) is 5.69 Å². The number of rotatable bonds is 4. The molecular weight excluding hydrogens is 420 g/mol. The van der Waals surface area contributed by atoms with Crippen LogP contribution >= 0.6 is 0 Å². The van der Waals surface area contributed by atoms with Gasteiger partial charge in [-0.05, 0) is 67.3 Å². The highest BCUT2D eigenvalue weighted by atomic mass is 16.2. The maximum atomic E-state index is 12.9. The van der Waals surface area contributed by atoms with Crippen molar-refractivity contribution in [2.45, 2.75) is 51.6 Å². The lowest BCUT2D eigenvalue weighted by Gasteiger charge is -2.45. The van der Waals surface area contributed by atoms with Gasteiger partial charge in [-0.15, -0.1) is 5.10 Å². The van der Waals surface area contributed by atoms with E-state index in [0.29, 0.717) is 24.6 Å². The summed E-state index contributed by atoms with van der Waals surface area (Å²) in [6, 6.07) is 7.85. The van der Waals surface area contributed by atoms with Crippen molar-refractivity contribution in [3.05, 3.63) is 47.3 Å². The zero-order chi connectivity index (χ0) is 23.0. The van der Waals surface area contributed by atoms with E-state index < -0.39 is 0 Å². The third-order valence-corrected chi connectivity index (χ3v) is 7.08. The maximum absolute atomic E-state index is 12.9. The average molecular weight is 449 g/mol. The molecule has 2 aromatic heterocycles. The minimum atomic E-state index is -0.166. The van der Waals surface area contributed by atoms with E-state index in [4.69, 9.17) is 0 Å². The number of aromatic amines is 1. The van der Waals surface area contributed by atoms with Gasteiger partial charge >= 0.3 is 6.03 Å². The fourth-order valence-corrected chi connectivity index (χ4v) is 5.21. The van der Waals surface area contributed by atoms with Crippen molar-refractivity contribution in [3.63, 3.8) is 0 Å². The lowest BCUT2D eigenvalue weighted by molar-refractivity contribution is 0.0585. The summed E-state index contributed by atoms with van der Waals surface area (Å²) in [6.45, 7) is 6.74. The molecule has 4 heterocycles. The second-order valence-electron chi connectivity index (χ2n) is 9.13. The number of benzene rings is 1. The number of hydrogen-bond acceptors (Lipinski definition) is 7. The molecule has 0 atom stereocenters. The van der Waals surface area contributed by atoms with Crippen LogP contribution in [-0.2, 0) is 6.54 Å². The lowest BCUT2D eigenvalue weighted by atomic mass is 9.84. The van der Waals surface area contributed by atoms with Crippen molar-refractivity contribution < 1.29 is 9.59 Å². The molecule has 0 radical (unpaired) electrons. The van der Waals surface area contributed by atoms with Crippen LogP contribution in [0.1, 0.15) is 54.2 Å². The van der Waals surface area contributed by atoms with Gasteiger partial charge in [-0.1, -0.05) is 17.7 Å². The number of aromatic nitrogens is 6. The minimum Gasteiger partial charge on any atom is -0.323 e. The number of amides is 1. The second-order valence-corrected chi connectivity index (χ2v) is 9.13. The summed E-state index contributed by atoms with van der Waals surface area (Å²) in [6.07, 6.45) is 5.70. The quantitative estimate of drug-likeness (QED) is 0.611. The number of carbonyl (C=O) groups excluding carboxylic acids is 2. The Morgan fingerprint density at radius 3 is 2.64 bits per heavy atom. The number of piperidine rings is 1. The van der Waals surface area contributed by atoms with Crippen molar-refractivity contribution in [3.8, 4) is 11.4 Å². The number of nitrogens with one attached hydrogen (secondary N) is 1. The van der Waals surface area contributed by atoms with Crippen LogP contribution in [0.5, 0.6) is 0 Å². The molecule has 2 saturated heterocycles. The minimum absolute atomic E-state index is 0.0905. The van der Waals surface area contributed by atoms with Crippen LogP contribution in [0.4, 0.5) is 4.79 Å². The van der Waals surface area contributed by atoms with Crippen LogP contribution in [0.25, 0.3) is 11.4 Å². The molecule has 0 aliphatic carbocycles. The molecule has 1 N–H and O–H groups in total. The molecule has 0 unspecified atom stereocenters. The van der Waals surface area contributed by atoms with Crippen molar-refractivity contribution in [2.75, 3.05) is 19.6 Å². The lowest BCUT2D eigenvalue weighted by Crippen LogP contribution is -2.53. The van der Waals surface area contributed by atoms with Crippen LogP contribution < -0.4 is 0 Å². The molecule has 10 heteroatoms. The highest BCUT2D eigenvalue weighted by Gasteiger charge is 2.44. The Hall–Kier alpha value is -3.40. The van der Waals surface area contributed by atoms with Gasteiger partial charge in [0.15, 0.2) is 11.6 Å². The van der Waals surface area contributed by atoms with Gasteiger partial charge in [-0.3, -0.25) is 9.69 Å². The van der Waals surface area contributed by atoms with Crippen molar-refractivity contribution >= 4 is 11.8 Å². The smallest absolute Gasteiger partial charge is 0.323 e. The van der Waals surface area contributed by atoms with E-state index in [2.05, 4.69) is 55.7 Å². The van der Waals surface area contributed by atoms with E-state index in [9.17, 15) is 9.59 Å². The van der Waals surface area contributed by atoms with E-state index in [0.717, 1.165) is 44.3 Å². The van der Waals surface area contributed by atoms with Crippen molar-refractivity contribution in [2.24, 2.45) is 0 Å². The number of H-pyrrole nitrogens is 1. The predicted octanol–water partition coefficient (Wildman–Crippen LogP) is 2.67. The highest BCUT2D eigenvalue weighted by molar-refractivity contribution is 5.92. The van der Waals surface area contributed by atoms with Gasteiger partial charge < -0.3 is 4.90 Å². The fraction of sp³-hybridized carbons (Fsp3) is 0.478. The molecule has 1 amide bonds. The summed E-state index contributed by atoms with van der Waals surface area (Å²) in [5.41, 5.74) is 3.81. The second kappa shape index (κ2) is 8.51. The summed E-state index contributed by atoms with van der Waals surface area (Å²) >= 11 is 0. The molecule has 5 rings (SSSR count). The Morgan fingerprint density at radius 2 is 1.94 bits per heavy atom. The summed E-state index contributed by atoms with van der Waals surface area (Å²) in [5.74, 6) is 0.545. The predicted molar refractivity (Wildman–Crippen MR) is 121 cm³/mol. The summed E-state index contributed by atoms with van der Waals surface area (Å²) in [7, 11) is 0. The number of hydrogen-bond donors (Lipinski definition) is 1. The van der Waals surface area contributed by atoms with Gasteiger partial charge in [0.2, 0.25) is 0 Å². The fourth-order valence-electron chi connectivity index (χ4n) is 5.21. The van der Waals surface area contributed by atoms with Crippen molar-refractivity contribution in [1.82, 2.24) is 40.2 Å². The van der Waals surface area contributed by atoms with Crippen LogP contribution in [0.2, 0.25) is 0 Å². The maximum Gasteiger partial charge on any atom is 0.344 e. The molecule has 33 heavy (non-hydrogen) atoms. The number of aryl methyl sites for hydroxylation is 1. The number of ketones is 1. The first kappa shape index (κ1) is 21.4. The Morgan fingerprint density at radius 1 is 1.12 bits per heavy atom. The molecule has 0 saturated carbocycles. The summed E-state index contributed by atoms with van der Waals surface area (Å²) in [4.78, 5) is 28.8. The average Bonchev–Trinajstić information content (AvgIpc) is 3.57. The number of Topliss-reactive ketones (excluding diaryl/α,β-unsaturated/α-hetero) is 1. The third-order valence-electron chi connectivity index (χ3n) is 7.08. The molecule has 1 aromatic carbocycles. The number of likely N-dealkylation sites (tertiary alicyclic amines) is 2. The van der Waals surface area contributed by atoms with E-state index >= 15 is 0 Å². The van der Waals surface area contributed by atoms with E-state index in [1.165, 1.54) is 22.7 Å². The van der Waals surface area contributed by atoms with Crippen molar-refractivity contribution in [1.29, 1.82) is 0 Å². The standard InChI is InChI=1S/C23H28N8O2/c1-16-4-5-18(19(14-16)21-24-27-28-25-21)15-30-10-3-7-23(30)8-12-29(13-9-23)22(33)31-11-6-20(26-31)17(2)32/h4-6,11,14H,3,7-10,12-13,15H2,1-2H3,(H,24,25,27,28). The molecule has 0 bridgehead atoms. The first-order chi connectivity index (χ1) is 15.9. The van der Waals surface area contributed by atoms with Crippen LogP contribution in [0, 0.1) is 6.92 Å². The van der Waals surface area contributed by atoms with Gasteiger partial charge in [0, 0.05) is 43.9 Å². The normalized spacial score (nSPS) is 18.2. The number of tetrazole rings is 1. The summed E-state index contributed by atoms with van der Waals surface area (Å²) in [5, 5.41) is 18.7. The Labute approximate surface area is 192 Å². The van der Waals surface area contributed by atoms with Crippen LogP contribution in [-0.4, -0.2) is 77.2 Å². The molecule has 2 aliphatic rings. The zero-order valence-corrected chi connectivity index (χ0v) is 19.0. The first-order valence-corrected chi connectivity index (χ1v) is 11.4. The monoisotopic (exact) mass is 448 g/mol. The molecule has 10 nitrogen and oxygen atoms in total. The van der Waals surface area contributed by atoms with Gasteiger partial charge in [-0.25, -0.2) is 9.89 Å². The summed E-state index contributed by atoms with van der Waals surface area (Å²) < 4.78 is 1.28. The topological polar surface area (TPSA) is 113 Å². The largest absolute Gasteiger partial charge is 0.344 e. The Bertz CT molecular complexity index is 1160. The number of nitrogens with zero attached hydrogens (tertiary/aromatic N) is 7. The molecule has 2 aliphatic heterocycles. The van der Waals surface area contributed by atoms with Gasteiger partial charge in [0.25, 0.3) is 0 Å². The highest BCUT2D eigenvalue weighted by Crippen LogP contribution is 2.40. The number of carbonyl (C=O) groups is 2. The molecule has 1 spiro atoms. The SMILES string of the molecule is CC(=O)c1ccn(C(=O)N2CCC3(CCCN3Cc3ccc(C)cc3-c3nnn[nH]3)CC2)n1. The molecule has 3 aromatic rings. The van der Waals surface area contributed by atoms with Crippen LogP contribution in [0.3, 0.4) is 0 Å². The molecule has 2 fully saturated rings. The van der Waals surface area contributed by atoms with Gasteiger partial charge in [-0.2, -0.15) is 9.78 Å². The Balaban J connectivity index is 1.30. The third kappa shape index (κ3) is 4.06. The van der Waals surface area contributed by atoms with E-state index in [1.54, 1.807) is 12.3 Å². The molecule has 172 valence electrons.